The minimum absolute atomic E-state index is 0.00838. The van der Waals surface area contributed by atoms with Gasteiger partial charge >= 0.3 is 6.18 Å². The number of hydrogen-bond acceptors (Lipinski definition) is 6. The second-order valence-corrected chi connectivity index (χ2v) is 6.91. The van der Waals surface area contributed by atoms with Crippen LogP contribution in [0.15, 0.2) is 16.7 Å². The van der Waals surface area contributed by atoms with Gasteiger partial charge in [0.2, 0.25) is 5.76 Å². The van der Waals surface area contributed by atoms with Crippen LogP contribution in [0.4, 0.5) is 13.2 Å². The highest BCUT2D eigenvalue weighted by molar-refractivity contribution is 7.17. The lowest BCUT2D eigenvalue weighted by Crippen LogP contribution is -2.48. The van der Waals surface area contributed by atoms with Crippen molar-refractivity contribution < 1.29 is 32.7 Å². The lowest BCUT2D eigenvalue weighted by molar-refractivity contribution is -0.156. The lowest BCUT2D eigenvalue weighted by Gasteiger charge is -2.33. The van der Waals surface area contributed by atoms with E-state index in [0.29, 0.717) is 16.3 Å². The predicted molar refractivity (Wildman–Crippen MR) is 82.1 cm³/mol. The average Bonchev–Trinajstić information content (AvgIpc) is 3.15. The molecule has 1 amide bonds. The van der Waals surface area contributed by atoms with Crippen molar-refractivity contribution in [2.45, 2.75) is 31.7 Å². The van der Waals surface area contributed by atoms with E-state index < -0.39 is 24.1 Å². The Morgan fingerprint density at radius 2 is 2.08 bits per heavy atom. The number of aliphatic hydroxyl groups is 2. The smallest absolute Gasteiger partial charge is 0.390 e. The van der Waals surface area contributed by atoms with Crippen molar-refractivity contribution in [1.82, 2.24) is 10.1 Å². The number of thiophene rings is 1. The highest BCUT2D eigenvalue weighted by atomic mass is 32.1. The fourth-order valence-electron chi connectivity index (χ4n) is 2.67. The fourth-order valence-corrected chi connectivity index (χ4v) is 3.68. The second-order valence-electron chi connectivity index (χ2n) is 5.82. The molecule has 1 aliphatic heterocycles. The third-order valence-corrected chi connectivity index (χ3v) is 5.15. The van der Waals surface area contributed by atoms with Crippen LogP contribution in [0.1, 0.15) is 27.4 Å². The molecule has 2 aromatic heterocycles. The molecule has 0 unspecified atom stereocenters. The summed E-state index contributed by atoms with van der Waals surface area (Å²) < 4.78 is 42.8. The molecule has 3 rings (SSSR count). The van der Waals surface area contributed by atoms with Gasteiger partial charge in [0.05, 0.1) is 22.0 Å². The van der Waals surface area contributed by atoms with Gasteiger partial charge in [0.15, 0.2) is 0 Å². The molecule has 2 atom stereocenters. The van der Waals surface area contributed by atoms with Crippen LogP contribution in [-0.2, 0) is 6.18 Å². The van der Waals surface area contributed by atoms with Crippen LogP contribution in [0.5, 0.6) is 0 Å². The minimum atomic E-state index is -4.63. The molecular weight excluding hydrogens is 361 g/mol. The Kier molecular flexibility index (Phi) is 4.60. The summed E-state index contributed by atoms with van der Waals surface area (Å²) in [5.74, 6) is -1.50. The van der Waals surface area contributed by atoms with Gasteiger partial charge in [0.25, 0.3) is 5.91 Å². The van der Waals surface area contributed by atoms with Gasteiger partial charge in [-0.05, 0) is 25.5 Å². The Hall–Kier alpha value is -1.91. The fraction of sp³-hybridized carbons (Fsp3) is 0.467. The van der Waals surface area contributed by atoms with Crippen molar-refractivity contribution in [2.24, 2.45) is 0 Å². The lowest BCUT2D eigenvalue weighted by atomic mass is 10.1. The van der Waals surface area contributed by atoms with Gasteiger partial charge in [-0.3, -0.25) is 4.79 Å². The Labute approximate surface area is 144 Å². The number of piperidine rings is 1. The first kappa shape index (κ1) is 17.9. The molecule has 10 heteroatoms. The van der Waals surface area contributed by atoms with Gasteiger partial charge in [0.1, 0.15) is 5.69 Å². The van der Waals surface area contributed by atoms with Gasteiger partial charge in [-0.15, -0.1) is 11.3 Å². The van der Waals surface area contributed by atoms with Crippen molar-refractivity contribution in [3.05, 3.63) is 28.3 Å². The molecule has 0 aromatic carbocycles. The first-order valence-electron chi connectivity index (χ1n) is 7.47. The van der Waals surface area contributed by atoms with Crippen LogP contribution in [0, 0.1) is 6.92 Å². The highest BCUT2D eigenvalue weighted by Gasteiger charge is 2.39. The zero-order valence-electron chi connectivity index (χ0n) is 13.1. The van der Waals surface area contributed by atoms with Crippen LogP contribution in [0.3, 0.4) is 0 Å². The zero-order valence-corrected chi connectivity index (χ0v) is 13.9. The number of rotatable bonds is 2. The molecular formula is C15H15F3N2O4S. The molecule has 0 spiro atoms. The summed E-state index contributed by atoms with van der Waals surface area (Å²) in [5, 5.41) is 22.7. The highest BCUT2D eigenvalue weighted by Crippen LogP contribution is 2.38. The normalized spacial score (nSPS) is 21.6. The quantitative estimate of drug-likeness (QED) is 0.840. The average molecular weight is 376 g/mol. The predicted octanol–water partition coefficient (Wildman–Crippen LogP) is 2.30. The summed E-state index contributed by atoms with van der Waals surface area (Å²) in [7, 11) is 0. The molecule has 2 aromatic rings. The molecule has 1 saturated heterocycles. The number of carbonyl (C=O) groups is 1. The molecule has 0 aliphatic carbocycles. The minimum Gasteiger partial charge on any atom is -0.390 e. The number of halogens is 3. The van der Waals surface area contributed by atoms with Crippen LogP contribution in [-0.4, -0.2) is 51.5 Å². The third kappa shape index (κ3) is 3.42. The van der Waals surface area contributed by atoms with Gasteiger partial charge in [0, 0.05) is 18.7 Å². The number of aliphatic hydroxyl groups excluding tert-OH is 2. The van der Waals surface area contributed by atoms with E-state index in [-0.39, 0.29) is 30.1 Å². The molecule has 1 aliphatic rings. The first-order valence-corrected chi connectivity index (χ1v) is 8.29. The Morgan fingerprint density at radius 1 is 1.36 bits per heavy atom. The number of aromatic nitrogens is 1. The molecule has 0 saturated carbocycles. The standard InChI is InChI=1S/C15H15F3N2O4S/c1-7-12(19-24-13(7)15(16,17)18)10-2-3-11(25-10)14(23)20-5-4-8(21)9(22)6-20/h2-3,8-9,21-22H,4-6H2,1H3/t8-,9-/m0/s1. The number of amides is 1. The van der Waals surface area contributed by atoms with Gasteiger partial charge in [-0.1, -0.05) is 5.16 Å². The molecule has 136 valence electrons. The SMILES string of the molecule is Cc1c(-c2ccc(C(=O)N3CC[C@H](O)[C@@H](O)C3)s2)noc1C(F)(F)F. The van der Waals surface area contributed by atoms with Crippen LogP contribution < -0.4 is 0 Å². The van der Waals surface area contributed by atoms with E-state index in [2.05, 4.69) is 9.68 Å². The number of β-amino-alcohol motifs (C(OH)–C–C–N with tert-alkyl or cyclic N) is 1. The van der Waals surface area contributed by atoms with E-state index >= 15 is 0 Å². The summed E-state index contributed by atoms with van der Waals surface area (Å²) >= 11 is 1.00. The molecule has 0 bridgehead atoms. The summed E-state index contributed by atoms with van der Waals surface area (Å²) in [5.41, 5.74) is -0.0876. The Balaban J connectivity index is 1.81. The molecule has 0 radical (unpaired) electrons. The van der Waals surface area contributed by atoms with Crippen LogP contribution in [0.2, 0.25) is 0 Å². The molecule has 1 fully saturated rings. The van der Waals surface area contributed by atoms with E-state index in [4.69, 9.17) is 0 Å². The molecule has 6 nitrogen and oxygen atoms in total. The zero-order chi connectivity index (χ0) is 18.4. The summed E-state index contributed by atoms with van der Waals surface area (Å²) in [6, 6.07) is 3.01. The molecule has 2 N–H and O–H groups in total. The number of nitrogens with zero attached hydrogens (tertiary/aromatic N) is 2. The maximum Gasteiger partial charge on any atom is 0.452 e. The van der Waals surface area contributed by atoms with Crippen molar-refractivity contribution in [1.29, 1.82) is 0 Å². The number of hydrogen-bond donors (Lipinski definition) is 2. The van der Waals surface area contributed by atoms with Gasteiger partial charge in [-0.25, -0.2) is 0 Å². The third-order valence-electron chi connectivity index (χ3n) is 4.07. The van der Waals surface area contributed by atoms with Crippen LogP contribution in [0.25, 0.3) is 10.6 Å². The first-order chi connectivity index (χ1) is 11.7. The van der Waals surface area contributed by atoms with Crippen molar-refractivity contribution in [3.8, 4) is 10.6 Å². The van der Waals surface area contributed by atoms with Gasteiger partial charge in [-0.2, -0.15) is 13.2 Å². The monoisotopic (exact) mass is 376 g/mol. The van der Waals surface area contributed by atoms with Gasteiger partial charge < -0.3 is 19.6 Å². The van der Waals surface area contributed by atoms with E-state index in [9.17, 15) is 28.2 Å². The van der Waals surface area contributed by atoms with E-state index in [1.807, 2.05) is 0 Å². The van der Waals surface area contributed by atoms with Crippen LogP contribution >= 0.6 is 11.3 Å². The maximum atomic E-state index is 12.8. The Bertz CT molecular complexity index is 786. The molecule has 25 heavy (non-hydrogen) atoms. The van der Waals surface area contributed by atoms with E-state index in [0.717, 1.165) is 11.3 Å². The van der Waals surface area contributed by atoms with E-state index in [1.165, 1.54) is 24.0 Å². The Morgan fingerprint density at radius 3 is 2.68 bits per heavy atom. The summed E-state index contributed by atoms with van der Waals surface area (Å²) in [6.07, 6.45) is -6.23. The number of carbonyl (C=O) groups excluding carboxylic acids is 1. The van der Waals surface area contributed by atoms with Crippen molar-refractivity contribution in [3.63, 3.8) is 0 Å². The number of likely N-dealkylation sites (tertiary alicyclic amines) is 1. The van der Waals surface area contributed by atoms with Crippen molar-refractivity contribution >= 4 is 17.2 Å². The summed E-state index contributed by atoms with van der Waals surface area (Å²) in [4.78, 5) is 14.6. The maximum absolute atomic E-state index is 12.8. The number of alkyl halides is 3. The second kappa shape index (κ2) is 6.43. The van der Waals surface area contributed by atoms with E-state index in [1.54, 1.807) is 0 Å². The molecule has 3 heterocycles. The topological polar surface area (TPSA) is 86.8 Å². The van der Waals surface area contributed by atoms with Crippen molar-refractivity contribution in [2.75, 3.05) is 13.1 Å². The summed E-state index contributed by atoms with van der Waals surface area (Å²) in [6.45, 7) is 1.57. The largest absolute Gasteiger partial charge is 0.452 e.